The summed E-state index contributed by atoms with van der Waals surface area (Å²) < 4.78 is 10.1. The maximum absolute atomic E-state index is 11.9. The first-order valence-electron chi connectivity index (χ1n) is 7.92. The molecule has 27 heavy (non-hydrogen) atoms. The van der Waals surface area contributed by atoms with E-state index >= 15 is 0 Å². The number of ether oxygens (including phenoxy) is 2. The topological polar surface area (TPSA) is 81.7 Å². The highest BCUT2D eigenvalue weighted by molar-refractivity contribution is 6.40. The van der Waals surface area contributed by atoms with Crippen LogP contribution in [0.15, 0.2) is 36.4 Å². The highest BCUT2D eigenvalue weighted by Crippen LogP contribution is 2.32. The molecule has 1 N–H and O–H groups in total. The highest BCUT2D eigenvalue weighted by atomic mass is 35.5. The van der Waals surface area contributed by atoms with Crippen LogP contribution in [-0.2, 0) is 14.3 Å². The molecule has 0 bridgehead atoms. The number of halogens is 2. The van der Waals surface area contributed by atoms with Gasteiger partial charge in [0.15, 0.2) is 19.0 Å². The van der Waals surface area contributed by atoms with Gasteiger partial charge in [-0.15, -0.1) is 0 Å². The summed E-state index contributed by atoms with van der Waals surface area (Å²) >= 11 is 12.1. The van der Waals surface area contributed by atoms with Gasteiger partial charge in [-0.1, -0.05) is 29.3 Å². The molecule has 8 heteroatoms. The van der Waals surface area contributed by atoms with Gasteiger partial charge >= 0.3 is 5.97 Å². The van der Waals surface area contributed by atoms with Gasteiger partial charge in [0.05, 0.1) is 15.7 Å². The molecule has 0 unspecified atom stereocenters. The molecule has 0 aromatic heterocycles. The fourth-order valence-electron chi connectivity index (χ4n) is 2.06. The molecule has 0 spiro atoms. The zero-order valence-electron chi connectivity index (χ0n) is 14.7. The predicted octanol–water partition coefficient (Wildman–Crippen LogP) is 4.07. The van der Waals surface area contributed by atoms with Crippen molar-refractivity contribution < 1.29 is 23.9 Å². The normalized spacial score (nSPS) is 10.2. The van der Waals surface area contributed by atoms with Crippen molar-refractivity contribution in [2.24, 2.45) is 0 Å². The third kappa shape index (κ3) is 5.98. The van der Waals surface area contributed by atoms with Crippen LogP contribution in [0.4, 0.5) is 5.69 Å². The van der Waals surface area contributed by atoms with Crippen molar-refractivity contribution in [2.45, 2.75) is 13.8 Å². The summed E-state index contributed by atoms with van der Waals surface area (Å²) in [5.74, 6) is -0.966. The Morgan fingerprint density at radius 2 is 1.67 bits per heavy atom. The Labute approximate surface area is 166 Å². The number of anilines is 1. The van der Waals surface area contributed by atoms with Crippen molar-refractivity contribution in [2.75, 3.05) is 18.5 Å². The van der Waals surface area contributed by atoms with Crippen molar-refractivity contribution in [3.05, 3.63) is 57.6 Å². The number of hydrogen-bond acceptors (Lipinski definition) is 5. The zero-order valence-corrected chi connectivity index (χ0v) is 16.2. The Morgan fingerprint density at radius 3 is 2.30 bits per heavy atom. The van der Waals surface area contributed by atoms with Gasteiger partial charge in [-0.3, -0.25) is 9.59 Å². The number of benzene rings is 2. The molecule has 1 amide bonds. The molecule has 2 aromatic rings. The summed E-state index contributed by atoms with van der Waals surface area (Å²) in [6.45, 7) is 2.34. The molecule has 0 aliphatic heterocycles. The molecule has 0 aliphatic rings. The fraction of sp³-hybridized carbons (Fsp3) is 0.211. The molecule has 0 heterocycles. The molecule has 0 fully saturated rings. The van der Waals surface area contributed by atoms with E-state index < -0.39 is 18.5 Å². The first-order chi connectivity index (χ1) is 12.8. The van der Waals surface area contributed by atoms with E-state index in [4.69, 9.17) is 32.7 Å². The maximum atomic E-state index is 11.9. The van der Waals surface area contributed by atoms with Crippen LogP contribution in [0, 0.1) is 6.92 Å². The number of carbonyl (C=O) groups excluding carboxylic acids is 3. The fourth-order valence-corrected chi connectivity index (χ4v) is 2.53. The molecular weight excluding hydrogens is 393 g/mol. The molecule has 0 saturated carbocycles. The molecular formula is C19H17Cl2NO5. The lowest BCUT2D eigenvalue weighted by atomic mass is 10.1. The van der Waals surface area contributed by atoms with Crippen LogP contribution in [0.2, 0.25) is 10.0 Å². The van der Waals surface area contributed by atoms with Crippen molar-refractivity contribution in [3.8, 4) is 5.75 Å². The van der Waals surface area contributed by atoms with Gasteiger partial charge in [0, 0.05) is 5.56 Å². The van der Waals surface area contributed by atoms with Gasteiger partial charge < -0.3 is 14.8 Å². The molecule has 2 rings (SSSR count). The maximum Gasteiger partial charge on any atom is 0.344 e. The molecule has 0 saturated heterocycles. The number of aryl methyl sites for hydroxylation is 1. The number of amides is 1. The quantitative estimate of drug-likeness (QED) is 0.550. The van der Waals surface area contributed by atoms with Crippen LogP contribution in [0.25, 0.3) is 0 Å². The van der Waals surface area contributed by atoms with E-state index in [1.807, 2.05) is 0 Å². The number of hydrogen-bond donors (Lipinski definition) is 1. The monoisotopic (exact) mass is 409 g/mol. The minimum atomic E-state index is -0.720. The van der Waals surface area contributed by atoms with Gasteiger partial charge in [-0.05, 0) is 49.7 Å². The van der Waals surface area contributed by atoms with Crippen molar-refractivity contribution in [1.82, 2.24) is 0 Å². The predicted molar refractivity (Wildman–Crippen MR) is 103 cm³/mol. The lowest BCUT2D eigenvalue weighted by Crippen LogP contribution is -2.24. The number of nitrogens with one attached hydrogen (secondary N) is 1. The minimum absolute atomic E-state index is 0.0687. The second kappa shape index (κ2) is 9.39. The first kappa shape index (κ1) is 20.7. The summed E-state index contributed by atoms with van der Waals surface area (Å²) in [5, 5.41) is 3.11. The van der Waals surface area contributed by atoms with Gasteiger partial charge in [-0.25, -0.2) is 4.79 Å². The Morgan fingerprint density at radius 1 is 1.00 bits per heavy atom. The second-order valence-electron chi connectivity index (χ2n) is 5.63. The molecule has 2 aromatic carbocycles. The van der Waals surface area contributed by atoms with E-state index in [9.17, 15) is 14.4 Å². The Hall–Kier alpha value is -2.57. The third-order valence-corrected chi connectivity index (χ3v) is 4.33. The van der Waals surface area contributed by atoms with E-state index in [-0.39, 0.29) is 23.1 Å². The highest BCUT2D eigenvalue weighted by Gasteiger charge is 2.14. The second-order valence-corrected chi connectivity index (χ2v) is 6.42. The van der Waals surface area contributed by atoms with Gasteiger partial charge in [0.1, 0.15) is 5.75 Å². The number of rotatable bonds is 7. The summed E-state index contributed by atoms with van der Waals surface area (Å²) in [5.41, 5.74) is 1.55. The minimum Gasteiger partial charge on any atom is -0.482 e. The zero-order chi connectivity index (χ0) is 20.0. The van der Waals surface area contributed by atoms with Crippen LogP contribution in [0.5, 0.6) is 5.75 Å². The van der Waals surface area contributed by atoms with Gasteiger partial charge in [-0.2, -0.15) is 0 Å². The average Bonchev–Trinajstić information content (AvgIpc) is 2.65. The van der Waals surface area contributed by atoms with Gasteiger partial charge in [0.2, 0.25) is 0 Å². The van der Waals surface area contributed by atoms with Crippen LogP contribution < -0.4 is 10.1 Å². The van der Waals surface area contributed by atoms with Crippen LogP contribution in [0.1, 0.15) is 22.8 Å². The SMILES string of the molecule is CC(=O)c1ccc(OCC(=O)OCC(=O)Nc2c(Cl)ccc(C)c2Cl)cc1. The number of esters is 1. The number of Topliss-reactive ketones (excluding diaryl/α,β-unsaturated/α-hetero) is 1. The molecule has 142 valence electrons. The molecule has 0 radical (unpaired) electrons. The summed E-state index contributed by atoms with van der Waals surface area (Å²) in [6.07, 6.45) is 0. The summed E-state index contributed by atoms with van der Waals surface area (Å²) in [6, 6.07) is 9.64. The van der Waals surface area contributed by atoms with Crippen molar-refractivity contribution in [3.63, 3.8) is 0 Å². The van der Waals surface area contributed by atoms with Gasteiger partial charge in [0.25, 0.3) is 5.91 Å². The summed E-state index contributed by atoms with van der Waals surface area (Å²) in [4.78, 5) is 34.8. The molecule has 0 atom stereocenters. The van der Waals surface area contributed by atoms with Crippen LogP contribution in [0.3, 0.4) is 0 Å². The smallest absolute Gasteiger partial charge is 0.344 e. The largest absolute Gasteiger partial charge is 0.482 e. The lowest BCUT2D eigenvalue weighted by molar-refractivity contribution is -0.149. The van der Waals surface area contributed by atoms with E-state index in [2.05, 4.69) is 5.32 Å². The average molecular weight is 410 g/mol. The molecule has 6 nitrogen and oxygen atoms in total. The Kier molecular flexibility index (Phi) is 7.21. The van der Waals surface area contributed by atoms with E-state index in [1.54, 1.807) is 43.3 Å². The third-order valence-electron chi connectivity index (χ3n) is 3.53. The van der Waals surface area contributed by atoms with Crippen molar-refractivity contribution in [1.29, 1.82) is 0 Å². The Balaban J connectivity index is 1.81. The van der Waals surface area contributed by atoms with Crippen LogP contribution >= 0.6 is 23.2 Å². The standard InChI is InChI=1S/C19H17Cl2NO5/c1-11-3-8-15(20)19(18(11)21)22-16(24)9-27-17(25)10-26-14-6-4-13(5-7-14)12(2)23/h3-8H,9-10H2,1-2H3,(H,22,24). The number of carbonyl (C=O) groups is 3. The van der Waals surface area contributed by atoms with Crippen molar-refractivity contribution >= 4 is 46.5 Å². The van der Waals surface area contributed by atoms with E-state index in [0.29, 0.717) is 16.3 Å². The lowest BCUT2D eigenvalue weighted by Gasteiger charge is -2.11. The molecule has 0 aliphatic carbocycles. The Bertz CT molecular complexity index is 865. The van der Waals surface area contributed by atoms with Crippen LogP contribution in [-0.4, -0.2) is 30.9 Å². The van der Waals surface area contributed by atoms with E-state index in [1.165, 1.54) is 6.92 Å². The van der Waals surface area contributed by atoms with E-state index in [0.717, 1.165) is 5.56 Å². The first-order valence-corrected chi connectivity index (χ1v) is 8.67. The summed E-state index contributed by atoms with van der Waals surface area (Å²) in [7, 11) is 0. The number of ketones is 1.